The van der Waals surface area contributed by atoms with E-state index in [4.69, 9.17) is 0 Å². The fourth-order valence-corrected chi connectivity index (χ4v) is 2.76. The molecule has 0 fully saturated rings. The zero-order valence-corrected chi connectivity index (χ0v) is 15.3. The number of para-hydroxylation sites is 2. The van der Waals surface area contributed by atoms with E-state index in [9.17, 15) is 22.8 Å². The molecule has 0 aliphatic rings. The van der Waals surface area contributed by atoms with Crippen LogP contribution in [0, 0.1) is 0 Å². The number of hydrogen-bond donors (Lipinski definition) is 1. The van der Waals surface area contributed by atoms with Crippen molar-refractivity contribution >= 4 is 23.2 Å². The molecule has 0 aliphatic carbocycles. The first kappa shape index (κ1) is 20.5. The summed E-state index contributed by atoms with van der Waals surface area (Å²) >= 11 is 0. The molecule has 0 saturated carbocycles. The number of amides is 2. The minimum atomic E-state index is -4.63. The van der Waals surface area contributed by atoms with E-state index < -0.39 is 30.1 Å². The molecule has 0 saturated heterocycles. The lowest BCUT2D eigenvalue weighted by Crippen LogP contribution is -2.38. The van der Waals surface area contributed by atoms with Crippen LogP contribution in [0.25, 0.3) is 0 Å². The Labute approximate surface area is 156 Å². The van der Waals surface area contributed by atoms with Gasteiger partial charge in [0.15, 0.2) is 0 Å². The highest BCUT2D eigenvalue weighted by Crippen LogP contribution is 2.36. The fraction of sp³-hybridized carbons (Fsp3) is 0.300. The van der Waals surface area contributed by atoms with Crippen LogP contribution in [0.5, 0.6) is 0 Å². The van der Waals surface area contributed by atoms with Gasteiger partial charge >= 0.3 is 6.18 Å². The van der Waals surface area contributed by atoms with Crippen LogP contribution in [0.3, 0.4) is 0 Å². The third-order valence-corrected chi connectivity index (χ3v) is 4.04. The normalized spacial score (nSPS) is 11.4. The van der Waals surface area contributed by atoms with Gasteiger partial charge in [-0.2, -0.15) is 13.2 Å². The van der Waals surface area contributed by atoms with Gasteiger partial charge in [-0.15, -0.1) is 0 Å². The van der Waals surface area contributed by atoms with E-state index in [0.717, 1.165) is 23.5 Å². The summed E-state index contributed by atoms with van der Waals surface area (Å²) in [5, 5.41) is 2.69. The second kappa shape index (κ2) is 8.24. The molecule has 27 heavy (non-hydrogen) atoms. The number of halogens is 3. The van der Waals surface area contributed by atoms with Crippen molar-refractivity contribution in [2.45, 2.75) is 32.9 Å². The Morgan fingerprint density at radius 3 is 2.22 bits per heavy atom. The van der Waals surface area contributed by atoms with Gasteiger partial charge in [0.1, 0.15) is 6.54 Å². The van der Waals surface area contributed by atoms with Gasteiger partial charge in [0.05, 0.1) is 11.3 Å². The summed E-state index contributed by atoms with van der Waals surface area (Å²) in [5.41, 5.74) is 0.168. The molecule has 0 atom stereocenters. The van der Waals surface area contributed by atoms with E-state index in [1.54, 1.807) is 12.1 Å². The smallest absolute Gasteiger partial charge is 0.324 e. The first-order valence-corrected chi connectivity index (χ1v) is 8.44. The molecule has 0 aliphatic heterocycles. The second-order valence-electron chi connectivity index (χ2n) is 6.41. The van der Waals surface area contributed by atoms with Crippen molar-refractivity contribution in [3.63, 3.8) is 0 Å². The summed E-state index contributed by atoms with van der Waals surface area (Å²) in [4.78, 5) is 25.2. The lowest BCUT2D eigenvalue weighted by molar-refractivity contribution is -0.137. The Morgan fingerprint density at radius 1 is 1.04 bits per heavy atom. The van der Waals surface area contributed by atoms with Crippen LogP contribution >= 0.6 is 0 Å². The van der Waals surface area contributed by atoms with Crippen LogP contribution in [-0.2, 0) is 15.8 Å². The summed E-state index contributed by atoms with van der Waals surface area (Å²) in [7, 11) is 0. The molecule has 0 spiro atoms. The molecule has 0 bridgehead atoms. The van der Waals surface area contributed by atoms with E-state index in [1.807, 2.05) is 26.0 Å². The van der Waals surface area contributed by atoms with Gasteiger partial charge in [-0.25, -0.2) is 0 Å². The SMILES string of the molecule is CC(=O)N(CC(=O)Nc1ccccc1C(C)C)c1ccccc1C(F)(F)F. The van der Waals surface area contributed by atoms with Crippen molar-refractivity contribution in [3.05, 3.63) is 59.7 Å². The lowest BCUT2D eigenvalue weighted by Gasteiger charge is -2.24. The number of carbonyl (C=O) groups is 2. The van der Waals surface area contributed by atoms with E-state index in [2.05, 4.69) is 5.32 Å². The standard InChI is InChI=1S/C20H21F3N2O2/c1-13(2)15-8-4-6-10-17(15)24-19(27)12-25(14(3)26)18-11-7-5-9-16(18)20(21,22)23/h4-11,13H,12H2,1-3H3,(H,24,27). The predicted molar refractivity (Wildman–Crippen MR) is 98.6 cm³/mol. The Hall–Kier alpha value is -2.83. The summed E-state index contributed by atoms with van der Waals surface area (Å²) in [5.74, 6) is -1.08. The first-order chi connectivity index (χ1) is 12.6. The third-order valence-electron chi connectivity index (χ3n) is 4.04. The zero-order valence-electron chi connectivity index (χ0n) is 15.3. The number of carbonyl (C=O) groups excluding carboxylic acids is 2. The minimum Gasteiger partial charge on any atom is -0.324 e. The predicted octanol–water partition coefficient (Wildman–Crippen LogP) is 4.82. The first-order valence-electron chi connectivity index (χ1n) is 8.44. The molecule has 2 aromatic rings. The molecule has 7 heteroatoms. The molecule has 0 unspecified atom stereocenters. The van der Waals surface area contributed by atoms with Gasteiger partial charge in [0, 0.05) is 12.6 Å². The van der Waals surface area contributed by atoms with E-state index >= 15 is 0 Å². The van der Waals surface area contributed by atoms with Crippen molar-refractivity contribution < 1.29 is 22.8 Å². The molecule has 144 valence electrons. The van der Waals surface area contributed by atoms with Gasteiger partial charge in [-0.3, -0.25) is 9.59 Å². The maximum Gasteiger partial charge on any atom is 0.418 e. The molecule has 0 radical (unpaired) electrons. The summed E-state index contributed by atoms with van der Waals surface area (Å²) in [6, 6.07) is 11.9. The van der Waals surface area contributed by atoms with Gasteiger partial charge in [0.2, 0.25) is 11.8 Å². The zero-order chi connectivity index (χ0) is 20.2. The van der Waals surface area contributed by atoms with Gasteiger partial charge in [-0.05, 0) is 29.7 Å². The molecule has 4 nitrogen and oxygen atoms in total. The van der Waals surface area contributed by atoms with Crippen molar-refractivity contribution in [3.8, 4) is 0 Å². The molecule has 2 amide bonds. The van der Waals surface area contributed by atoms with Gasteiger partial charge < -0.3 is 10.2 Å². The monoisotopic (exact) mass is 378 g/mol. The van der Waals surface area contributed by atoms with E-state index in [1.165, 1.54) is 18.2 Å². The average molecular weight is 378 g/mol. The highest BCUT2D eigenvalue weighted by molar-refractivity contribution is 6.02. The molecule has 1 N–H and O–H groups in total. The van der Waals surface area contributed by atoms with Crippen LogP contribution in [-0.4, -0.2) is 18.4 Å². The highest BCUT2D eigenvalue weighted by atomic mass is 19.4. The fourth-order valence-electron chi connectivity index (χ4n) is 2.76. The van der Waals surface area contributed by atoms with Crippen molar-refractivity contribution in [1.82, 2.24) is 0 Å². The molecular formula is C20H21F3N2O2. The Morgan fingerprint density at radius 2 is 1.63 bits per heavy atom. The molecule has 2 aromatic carbocycles. The third kappa shape index (κ3) is 5.09. The van der Waals surface area contributed by atoms with E-state index in [-0.39, 0.29) is 11.6 Å². The topological polar surface area (TPSA) is 49.4 Å². The number of rotatable bonds is 5. The van der Waals surface area contributed by atoms with Crippen molar-refractivity contribution in [1.29, 1.82) is 0 Å². The number of benzene rings is 2. The van der Waals surface area contributed by atoms with Crippen molar-refractivity contribution in [2.75, 3.05) is 16.8 Å². The van der Waals surface area contributed by atoms with Crippen molar-refractivity contribution in [2.24, 2.45) is 0 Å². The Bertz CT molecular complexity index is 832. The van der Waals surface area contributed by atoms with Gasteiger partial charge in [-0.1, -0.05) is 44.2 Å². The Balaban J connectivity index is 2.29. The van der Waals surface area contributed by atoms with Crippen LogP contribution < -0.4 is 10.2 Å². The van der Waals surface area contributed by atoms with Crippen LogP contribution in [0.15, 0.2) is 48.5 Å². The molecule has 0 aromatic heterocycles. The summed E-state index contributed by atoms with van der Waals surface area (Å²) in [6.07, 6.45) is -4.63. The summed E-state index contributed by atoms with van der Waals surface area (Å²) in [6.45, 7) is 4.54. The quantitative estimate of drug-likeness (QED) is 0.811. The highest BCUT2D eigenvalue weighted by Gasteiger charge is 2.35. The lowest BCUT2D eigenvalue weighted by atomic mass is 10.0. The minimum absolute atomic E-state index is 0.149. The average Bonchev–Trinajstić information content (AvgIpc) is 2.59. The number of hydrogen-bond acceptors (Lipinski definition) is 2. The molecule has 0 heterocycles. The summed E-state index contributed by atoms with van der Waals surface area (Å²) < 4.78 is 39.8. The number of alkyl halides is 3. The van der Waals surface area contributed by atoms with E-state index in [0.29, 0.717) is 5.69 Å². The molecular weight excluding hydrogens is 357 g/mol. The van der Waals surface area contributed by atoms with Crippen LogP contribution in [0.2, 0.25) is 0 Å². The molecule has 2 rings (SSSR count). The number of nitrogens with zero attached hydrogens (tertiary/aromatic N) is 1. The maximum atomic E-state index is 13.3. The number of nitrogens with one attached hydrogen (secondary N) is 1. The largest absolute Gasteiger partial charge is 0.418 e. The van der Waals surface area contributed by atoms with Gasteiger partial charge in [0.25, 0.3) is 0 Å². The van der Waals surface area contributed by atoms with Crippen LogP contribution in [0.4, 0.5) is 24.5 Å². The number of anilines is 2. The Kier molecular flexibility index (Phi) is 6.25. The van der Waals surface area contributed by atoms with Crippen LogP contribution in [0.1, 0.15) is 37.8 Å². The maximum absolute atomic E-state index is 13.3. The second-order valence-corrected chi connectivity index (χ2v) is 6.41.